The lowest BCUT2D eigenvalue weighted by Gasteiger charge is -2.20. The van der Waals surface area contributed by atoms with E-state index in [2.05, 4.69) is 33.2 Å². The summed E-state index contributed by atoms with van der Waals surface area (Å²) >= 11 is 2.06. The monoisotopic (exact) mass is 237 g/mol. The number of hydrogen-bond donors (Lipinski definition) is 2. The van der Waals surface area contributed by atoms with Crippen LogP contribution in [0, 0.1) is 0 Å². The Bertz CT molecular complexity index is 338. The van der Waals surface area contributed by atoms with Crippen LogP contribution in [-0.4, -0.2) is 34.6 Å². The molecule has 0 amide bonds. The molecule has 0 spiro atoms. The Kier molecular flexibility index (Phi) is 3.20. The van der Waals surface area contributed by atoms with Crippen molar-refractivity contribution in [1.29, 1.82) is 0 Å². The average molecular weight is 237 g/mol. The van der Waals surface area contributed by atoms with Crippen molar-refractivity contribution in [3.8, 4) is 0 Å². The first-order valence-corrected chi connectivity index (χ1v) is 7.42. The Balaban J connectivity index is 1.71. The maximum atomic E-state index is 4.59. The summed E-state index contributed by atoms with van der Waals surface area (Å²) in [7, 11) is 0. The lowest BCUT2D eigenvalue weighted by atomic mass is 9.97. The van der Waals surface area contributed by atoms with Crippen molar-refractivity contribution >= 4 is 11.8 Å². The minimum Gasteiger partial charge on any atom is -0.345 e. The maximum absolute atomic E-state index is 4.59. The van der Waals surface area contributed by atoms with Gasteiger partial charge in [0.25, 0.3) is 0 Å². The molecule has 0 aromatic carbocycles. The maximum Gasteiger partial charge on any atom is 0.109 e. The molecule has 1 atom stereocenters. The molecule has 0 saturated carbocycles. The summed E-state index contributed by atoms with van der Waals surface area (Å²) < 4.78 is 0. The smallest absolute Gasteiger partial charge is 0.109 e. The molecule has 2 fully saturated rings. The SMILES string of the molecule is c1nc(C2CCNCC2)[nH]c1C1CCSC1. The van der Waals surface area contributed by atoms with Crippen LogP contribution in [0.4, 0.5) is 0 Å². The first kappa shape index (κ1) is 10.7. The van der Waals surface area contributed by atoms with E-state index in [-0.39, 0.29) is 0 Å². The number of H-pyrrole nitrogens is 1. The zero-order chi connectivity index (χ0) is 10.8. The molecule has 0 bridgehead atoms. The largest absolute Gasteiger partial charge is 0.345 e. The highest BCUT2D eigenvalue weighted by Gasteiger charge is 2.22. The van der Waals surface area contributed by atoms with Gasteiger partial charge in [-0.2, -0.15) is 11.8 Å². The van der Waals surface area contributed by atoms with Crippen molar-refractivity contribution in [1.82, 2.24) is 15.3 Å². The molecule has 4 heteroatoms. The molecule has 88 valence electrons. The molecule has 2 N–H and O–H groups in total. The number of imidazole rings is 1. The van der Waals surface area contributed by atoms with Crippen molar-refractivity contribution in [2.75, 3.05) is 24.6 Å². The normalized spacial score (nSPS) is 27.4. The summed E-state index contributed by atoms with van der Waals surface area (Å²) in [6.45, 7) is 2.28. The fourth-order valence-electron chi connectivity index (χ4n) is 2.64. The third-order valence-corrected chi connectivity index (χ3v) is 4.87. The van der Waals surface area contributed by atoms with Gasteiger partial charge >= 0.3 is 0 Å². The second-order valence-electron chi connectivity index (χ2n) is 4.81. The Morgan fingerprint density at radius 1 is 1.19 bits per heavy atom. The van der Waals surface area contributed by atoms with Gasteiger partial charge < -0.3 is 10.3 Å². The number of aromatic amines is 1. The van der Waals surface area contributed by atoms with E-state index in [1.807, 2.05) is 0 Å². The number of thioether (sulfide) groups is 1. The fourth-order valence-corrected chi connectivity index (χ4v) is 3.89. The summed E-state index contributed by atoms with van der Waals surface area (Å²) in [6, 6.07) is 0. The molecule has 3 nitrogen and oxygen atoms in total. The second-order valence-corrected chi connectivity index (χ2v) is 5.96. The van der Waals surface area contributed by atoms with Gasteiger partial charge in [-0.1, -0.05) is 0 Å². The van der Waals surface area contributed by atoms with Crippen molar-refractivity contribution in [3.63, 3.8) is 0 Å². The Morgan fingerprint density at radius 3 is 2.81 bits per heavy atom. The molecule has 16 heavy (non-hydrogen) atoms. The van der Waals surface area contributed by atoms with Crippen molar-refractivity contribution in [2.24, 2.45) is 0 Å². The highest BCUT2D eigenvalue weighted by Crippen LogP contribution is 2.32. The minimum absolute atomic E-state index is 0.657. The highest BCUT2D eigenvalue weighted by molar-refractivity contribution is 7.99. The molecule has 3 heterocycles. The predicted molar refractivity (Wildman–Crippen MR) is 68.1 cm³/mol. The molecular formula is C12H19N3S. The fraction of sp³-hybridized carbons (Fsp3) is 0.750. The lowest BCUT2D eigenvalue weighted by molar-refractivity contribution is 0.446. The molecule has 2 saturated heterocycles. The molecule has 1 aromatic heterocycles. The Hall–Kier alpha value is -0.480. The van der Waals surface area contributed by atoms with Crippen LogP contribution in [0.2, 0.25) is 0 Å². The van der Waals surface area contributed by atoms with E-state index in [9.17, 15) is 0 Å². The molecule has 0 aliphatic carbocycles. The Labute approximate surface area is 101 Å². The number of aromatic nitrogens is 2. The number of piperidine rings is 1. The molecule has 3 rings (SSSR count). The Morgan fingerprint density at radius 2 is 2.06 bits per heavy atom. The average Bonchev–Trinajstić information content (AvgIpc) is 3.01. The van der Waals surface area contributed by atoms with E-state index in [1.165, 1.54) is 42.3 Å². The van der Waals surface area contributed by atoms with Gasteiger partial charge in [0.05, 0.1) is 0 Å². The standard InChI is InChI=1S/C12H19N3S/c1-4-13-5-2-9(1)12-14-7-11(15-12)10-3-6-16-8-10/h7,9-10,13H,1-6,8H2,(H,14,15). The van der Waals surface area contributed by atoms with E-state index in [0.717, 1.165) is 19.0 Å². The highest BCUT2D eigenvalue weighted by atomic mass is 32.2. The van der Waals surface area contributed by atoms with Crippen LogP contribution in [0.5, 0.6) is 0 Å². The van der Waals surface area contributed by atoms with E-state index < -0.39 is 0 Å². The molecule has 1 unspecified atom stereocenters. The van der Waals surface area contributed by atoms with Crippen LogP contribution in [-0.2, 0) is 0 Å². The number of nitrogens with one attached hydrogen (secondary N) is 2. The van der Waals surface area contributed by atoms with Gasteiger partial charge in [-0.25, -0.2) is 4.98 Å². The summed E-state index contributed by atoms with van der Waals surface area (Å²) in [5, 5.41) is 3.40. The third-order valence-electron chi connectivity index (χ3n) is 3.71. The summed E-state index contributed by atoms with van der Waals surface area (Å²) in [5.74, 6) is 5.20. The first-order chi connectivity index (χ1) is 7.93. The molecule has 2 aliphatic heterocycles. The second kappa shape index (κ2) is 4.80. The topological polar surface area (TPSA) is 40.7 Å². The van der Waals surface area contributed by atoms with Gasteiger partial charge in [0, 0.05) is 29.5 Å². The summed E-state index contributed by atoms with van der Waals surface area (Å²) in [4.78, 5) is 8.16. The van der Waals surface area contributed by atoms with Crippen LogP contribution in [0.25, 0.3) is 0 Å². The number of nitrogens with zero attached hydrogens (tertiary/aromatic N) is 1. The number of hydrogen-bond acceptors (Lipinski definition) is 3. The molecule has 2 aliphatic rings. The van der Waals surface area contributed by atoms with Crippen LogP contribution in [0.1, 0.15) is 42.6 Å². The predicted octanol–water partition coefficient (Wildman–Crippen LogP) is 2.10. The number of rotatable bonds is 2. The van der Waals surface area contributed by atoms with Crippen LogP contribution in [0.3, 0.4) is 0 Å². The summed E-state index contributed by atoms with van der Waals surface area (Å²) in [5.41, 5.74) is 1.37. The van der Waals surface area contributed by atoms with Gasteiger partial charge in [0.15, 0.2) is 0 Å². The molecular weight excluding hydrogens is 218 g/mol. The minimum atomic E-state index is 0.657. The third kappa shape index (κ3) is 2.13. The molecule has 1 aromatic rings. The van der Waals surface area contributed by atoms with Crippen molar-refractivity contribution < 1.29 is 0 Å². The zero-order valence-corrected chi connectivity index (χ0v) is 10.4. The van der Waals surface area contributed by atoms with Gasteiger partial charge in [-0.15, -0.1) is 0 Å². The summed E-state index contributed by atoms with van der Waals surface area (Å²) in [6.07, 6.45) is 5.85. The first-order valence-electron chi connectivity index (χ1n) is 6.27. The molecule has 0 radical (unpaired) electrons. The van der Waals surface area contributed by atoms with E-state index in [1.54, 1.807) is 0 Å². The quantitative estimate of drug-likeness (QED) is 0.827. The van der Waals surface area contributed by atoms with Crippen molar-refractivity contribution in [3.05, 3.63) is 17.7 Å². The van der Waals surface area contributed by atoms with Crippen molar-refractivity contribution in [2.45, 2.75) is 31.1 Å². The van der Waals surface area contributed by atoms with Crippen LogP contribution in [0.15, 0.2) is 6.20 Å². The van der Waals surface area contributed by atoms with E-state index in [0.29, 0.717) is 5.92 Å². The van der Waals surface area contributed by atoms with Crippen LogP contribution >= 0.6 is 11.8 Å². The van der Waals surface area contributed by atoms with Gasteiger partial charge in [-0.3, -0.25) is 0 Å². The lowest BCUT2D eigenvalue weighted by Crippen LogP contribution is -2.27. The van der Waals surface area contributed by atoms with Gasteiger partial charge in [-0.05, 0) is 38.1 Å². The van der Waals surface area contributed by atoms with Gasteiger partial charge in [0.2, 0.25) is 0 Å². The van der Waals surface area contributed by atoms with E-state index >= 15 is 0 Å². The zero-order valence-electron chi connectivity index (χ0n) is 9.54. The van der Waals surface area contributed by atoms with E-state index in [4.69, 9.17) is 0 Å². The van der Waals surface area contributed by atoms with Crippen LogP contribution < -0.4 is 5.32 Å². The van der Waals surface area contributed by atoms with Gasteiger partial charge in [0.1, 0.15) is 5.82 Å².